The smallest absolute Gasteiger partial charge is 0.0307 e. The Balaban J connectivity index is 2.88. The van der Waals surface area contributed by atoms with E-state index in [1.54, 1.807) is 0 Å². The molecule has 0 aliphatic rings. The molecule has 0 bridgehead atoms. The lowest BCUT2D eigenvalue weighted by atomic mass is 9.89. The lowest BCUT2D eigenvalue weighted by molar-refractivity contribution is 0.542. The third-order valence-electron chi connectivity index (χ3n) is 3.28. The highest BCUT2D eigenvalue weighted by atomic mass is 15.0. The van der Waals surface area contributed by atoms with Crippen molar-refractivity contribution >= 4 is 10.8 Å². The molecule has 0 unspecified atom stereocenters. The number of hydrogen-bond acceptors (Lipinski definition) is 0. The molecule has 0 saturated carbocycles. The number of aromatic nitrogens is 1. The second-order valence-electron chi connectivity index (χ2n) is 5.50. The van der Waals surface area contributed by atoms with Crippen LogP contribution in [0.25, 0.3) is 10.8 Å². The van der Waals surface area contributed by atoms with Gasteiger partial charge in [-0.1, -0.05) is 52.0 Å². The Morgan fingerprint density at radius 2 is 1.62 bits per heavy atom. The molecule has 2 rings (SSSR count). The van der Waals surface area contributed by atoms with E-state index in [-0.39, 0.29) is 5.41 Å². The molecule has 1 nitrogen and oxygen atoms in total. The first kappa shape index (κ1) is 11.3. The van der Waals surface area contributed by atoms with Crippen molar-refractivity contribution in [3.63, 3.8) is 0 Å². The summed E-state index contributed by atoms with van der Waals surface area (Å²) < 4.78 is 2.38. The SMILES string of the molecule is CCc1c2ccccc2c(C(C)(C)C)n1C. The van der Waals surface area contributed by atoms with Crippen molar-refractivity contribution in [2.45, 2.75) is 39.5 Å². The number of rotatable bonds is 1. The second-order valence-corrected chi connectivity index (χ2v) is 5.50. The van der Waals surface area contributed by atoms with Gasteiger partial charge in [-0.3, -0.25) is 0 Å². The third kappa shape index (κ3) is 1.55. The van der Waals surface area contributed by atoms with E-state index >= 15 is 0 Å². The summed E-state index contributed by atoms with van der Waals surface area (Å²) in [6.07, 6.45) is 1.09. The number of fused-ring (bicyclic) bond motifs is 1. The van der Waals surface area contributed by atoms with Gasteiger partial charge in [0.2, 0.25) is 0 Å². The van der Waals surface area contributed by atoms with Crippen molar-refractivity contribution in [1.29, 1.82) is 0 Å². The number of nitrogens with zero attached hydrogens (tertiary/aromatic N) is 1. The Morgan fingerprint density at radius 1 is 1.06 bits per heavy atom. The Hall–Kier alpha value is -1.24. The van der Waals surface area contributed by atoms with Crippen LogP contribution in [0, 0.1) is 0 Å². The highest BCUT2D eigenvalue weighted by Gasteiger charge is 2.23. The maximum absolute atomic E-state index is 2.38. The van der Waals surface area contributed by atoms with Gasteiger partial charge in [0.1, 0.15) is 0 Å². The number of aryl methyl sites for hydroxylation is 1. The van der Waals surface area contributed by atoms with Crippen LogP contribution in [0.5, 0.6) is 0 Å². The molecule has 1 aromatic carbocycles. The molecule has 0 atom stereocenters. The summed E-state index contributed by atoms with van der Waals surface area (Å²) in [5.74, 6) is 0. The molecule has 0 aliphatic heterocycles. The molecule has 0 spiro atoms. The molecular formula is C15H21N. The van der Waals surface area contributed by atoms with E-state index < -0.39 is 0 Å². The molecular weight excluding hydrogens is 194 g/mol. The monoisotopic (exact) mass is 215 g/mol. The molecule has 86 valence electrons. The Labute approximate surface area is 98.1 Å². The van der Waals surface area contributed by atoms with Crippen molar-refractivity contribution in [3.8, 4) is 0 Å². The fourth-order valence-electron chi connectivity index (χ4n) is 2.77. The zero-order valence-corrected chi connectivity index (χ0v) is 11.0. The molecule has 1 heteroatoms. The van der Waals surface area contributed by atoms with Crippen molar-refractivity contribution in [3.05, 3.63) is 35.7 Å². The summed E-state index contributed by atoms with van der Waals surface area (Å²) in [6, 6.07) is 8.75. The minimum Gasteiger partial charge on any atom is -0.350 e. The Morgan fingerprint density at radius 3 is 2.12 bits per heavy atom. The fraction of sp³-hybridized carbons (Fsp3) is 0.467. The molecule has 2 aromatic rings. The van der Waals surface area contributed by atoms with Crippen LogP contribution in [0.4, 0.5) is 0 Å². The van der Waals surface area contributed by atoms with Crippen LogP contribution in [0.3, 0.4) is 0 Å². The van der Waals surface area contributed by atoms with Crippen LogP contribution in [0.2, 0.25) is 0 Å². The van der Waals surface area contributed by atoms with Gasteiger partial charge in [0.05, 0.1) is 0 Å². The van der Waals surface area contributed by atoms with Crippen molar-refractivity contribution in [1.82, 2.24) is 4.57 Å². The number of hydrogen-bond donors (Lipinski definition) is 0. The van der Waals surface area contributed by atoms with Crippen LogP contribution in [-0.2, 0) is 18.9 Å². The van der Waals surface area contributed by atoms with Gasteiger partial charge in [-0.2, -0.15) is 0 Å². The normalized spacial score (nSPS) is 12.3. The maximum atomic E-state index is 2.38. The zero-order chi connectivity index (χ0) is 11.9. The van der Waals surface area contributed by atoms with Gasteiger partial charge < -0.3 is 4.57 Å². The first-order chi connectivity index (χ1) is 7.46. The summed E-state index contributed by atoms with van der Waals surface area (Å²) >= 11 is 0. The predicted octanol–water partition coefficient (Wildman–Crippen LogP) is 4.04. The van der Waals surface area contributed by atoms with Gasteiger partial charge in [-0.05, 0) is 6.42 Å². The van der Waals surface area contributed by atoms with E-state index in [9.17, 15) is 0 Å². The second kappa shape index (κ2) is 3.65. The minimum atomic E-state index is 0.196. The van der Waals surface area contributed by atoms with Gasteiger partial charge in [-0.15, -0.1) is 0 Å². The highest BCUT2D eigenvalue weighted by Crippen LogP contribution is 2.33. The molecule has 0 fully saturated rings. The van der Waals surface area contributed by atoms with Gasteiger partial charge in [0.25, 0.3) is 0 Å². The predicted molar refractivity (Wildman–Crippen MR) is 71.0 cm³/mol. The minimum absolute atomic E-state index is 0.196. The molecule has 1 heterocycles. The molecule has 16 heavy (non-hydrogen) atoms. The average molecular weight is 215 g/mol. The molecule has 0 radical (unpaired) electrons. The van der Waals surface area contributed by atoms with E-state index in [1.165, 1.54) is 22.2 Å². The summed E-state index contributed by atoms with van der Waals surface area (Å²) in [4.78, 5) is 0. The van der Waals surface area contributed by atoms with Crippen LogP contribution < -0.4 is 0 Å². The van der Waals surface area contributed by atoms with E-state index in [0.717, 1.165) is 6.42 Å². The summed E-state index contributed by atoms with van der Waals surface area (Å²) in [6.45, 7) is 9.09. The van der Waals surface area contributed by atoms with Crippen LogP contribution in [0.1, 0.15) is 39.1 Å². The fourth-order valence-corrected chi connectivity index (χ4v) is 2.77. The Kier molecular flexibility index (Phi) is 2.57. The van der Waals surface area contributed by atoms with Crippen molar-refractivity contribution < 1.29 is 0 Å². The van der Waals surface area contributed by atoms with Gasteiger partial charge in [-0.25, -0.2) is 0 Å². The van der Waals surface area contributed by atoms with Gasteiger partial charge in [0, 0.05) is 34.6 Å². The lowest BCUT2D eigenvalue weighted by Crippen LogP contribution is -2.17. The average Bonchev–Trinajstić information content (AvgIpc) is 2.48. The van der Waals surface area contributed by atoms with Gasteiger partial charge >= 0.3 is 0 Å². The van der Waals surface area contributed by atoms with Crippen molar-refractivity contribution in [2.75, 3.05) is 0 Å². The first-order valence-electron chi connectivity index (χ1n) is 6.03. The quantitative estimate of drug-likeness (QED) is 0.676. The zero-order valence-electron chi connectivity index (χ0n) is 11.0. The molecule has 0 N–H and O–H groups in total. The molecule has 0 saturated heterocycles. The maximum Gasteiger partial charge on any atom is 0.0307 e. The van der Waals surface area contributed by atoms with Gasteiger partial charge in [0.15, 0.2) is 0 Å². The first-order valence-corrected chi connectivity index (χ1v) is 6.03. The summed E-state index contributed by atoms with van der Waals surface area (Å²) in [7, 11) is 2.19. The summed E-state index contributed by atoms with van der Waals surface area (Å²) in [5.41, 5.74) is 3.09. The van der Waals surface area contributed by atoms with Crippen LogP contribution >= 0.6 is 0 Å². The topological polar surface area (TPSA) is 4.93 Å². The Bertz CT molecular complexity index is 512. The van der Waals surface area contributed by atoms with E-state index in [1.807, 2.05) is 0 Å². The third-order valence-corrected chi connectivity index (χ3v) is 3.28. The molecule has 1 aromatic heterocycles. The van der Waals surface area contributed by atoms with E-state index in [0.29, 0.717) is 0 Å². The largest absolute Gasteiger partial charge is 0.350 e. The standard InChI is InChI=1S/C15H21N/c1-6-13-11-9-7-8-10-12(11)14(16(13)5)15(2,3)4/h7-10H,6H2,1-5H3. The molecule has 0 aliphatic carbocycles. The number of benzene rings is 1. The summed E-state index contributed by atoms with van der Waals surface area (Å²) in [5, 5.41) is 2.83. The van der Waals surface area contributed by atoms with Crippen molar-refractivity contribution in [2.24, 2.45) is 7.05 Å². The van der Waals surface area contributed by atoms with E-state index in [4.69, 9.17) is 0 Å². The lowest BCUT2D eigenvalue weighted by Gasteiger charge is -2.21. The van der Waals surface area contributed by atoms with Crippen LogP contribution in [0.15, 0.2) is 24.3 Å². The molecule has 0 amide bonds. The van der Waals surface area contributed by atoms with Crippen LogP contribution in [-0.4, -0.2) is 4.57 Å². The van der Waals surface area contributed by atoms with E-state index in [2.05, 4.69) is 63.6 Å². The highest BCUT2D eigenvalue weighted by molar-refractivity contribution is 5.89.